The van der Waals surface area contributed by atoms with Crippen LogP contribution in [0.2, 0.25) is 0 Å². The minimum atomic E-state index is -0.820. The smallest absolute Gasteiger partial charge is 0.320 e. The fourth-order valence-corrected chi connectivity index (χ4v) is 2.57. The van der Waals surface area contributed by atoms with E-state index in [9.17, 15) is 9.90 Å². The molecule has 0 fully saturated rings. The molecule has 0 radical (unpaired) electrons. The van der Waals surface area contributed by atoms with Crippen molar-refractivity contribution in [1.29, 1.82) is 0 Å². The molecule has 1 aromatic heterocycles. The highest BCUT2D eigenvalue weighted by molar-refractivity contribution is 5.88. The summed E-state index contributed by atoms with van der Waals surface area (Å²) in [5, 5.41) is 20.3. The molecule has 6 heteroatoms. The van der Waals surface area contributed by atoms with Gasteiger partial charge in [0.15, 0.2) is 0 Å². The summed E-state index contributed by atoms with van der Waals surface area (Å²) in [7, 11) is 0. The standard InChI is InChI=1S/C16H30N4O2/c1-5-8-16(22,9-6-2)12-17-15(21)19-14-7-10-18-20(14)11-13(3)4/h7,10,13,22H,5-6,8-9,11-12H2,1-4H3,(H2,17,19,21). The van der Waals surface area contributed by atoms with Crippen LogP contribution in [0.1, 0.15) is 53.4 Å². The molecule has 0 bridgehead atoms. The Kier molecular flexibility index (Phi) is 7.38. The van der Waals surface area contributed by atoms with Crippen molar-refractivity contribution in [1.82, 2.24) is 15.1 Å². The largest absolute Gasteiger partial charge is 0.388 e. The van der Waals surface area contributed by atoms with Gasteiger partial charge < -0.3 is 10.4 Å². The van der Waals surface area contributed by atoms with Crippen molar-refractivity contribution in [2.24, 2.45) is 5.92 Å². The van der Waals surface area contributed by atoms with Crippen LogP contribution in [0.5, 0.6) is 0 Å². The third-order valence-electron chi connectivity index (χ3n) is 3.50. The van der Waals surface area contributed by atoms with E-state index in [2.05, 4.69) is 29.6 Å². The van der Waals surface area contributed by atoms with Gasteiger partial charge in [0.1, 0.15) is 5.82 Å². The monoisotopic (exact) mass is 310 g/mol. The number of hydrogen-bond donors (Lipinski definition) is 3. The number of amides is 2. The Balaban J connectivity index is 2.54. The maximum absolute atomic E-state index is 12.0. The van der Waals surface area contributed by atoms with Crippen LogP contribution in [0.3, 0.4) is 0 Å². The molecular formula is C16H30N4O2. The second-order valence-electron chi connectivity index (χ2n) is 6.32. The van der Waals surface area contributed by atoms with Crippen LogP contribution in [-0.2, 0) is 6.54 Å². The summed E-state index contributed by atoms with van der Waals surface area (Å²) in [5.41, 5.74) is -0.820. The molecule has 1 aromatic rings. The third-order valence-corrected chi connectivity index (χ3v) is 3.50. The Labute approximate surface area is 133 Å². The van der Waals surface area contributed by atoms with Crippen molar-refractivity contribution in [3.63, 3.8) is 0 Å². The molecule has 0 aromatic carbocycles. The van der Waals surface area contributed by atoms with Gasteiger partial charge in [0.2, 0.25) is 0 Å². The molecule has 126 valence electrons. The van der Waals surface area contributed by atoms with Gasteiger partial charge in [-0.1, -0.05) is 40.5 Å². The molecule has 2 amide bonds. The van der Waals surface area contributed by atoms with E-state index in [0.29, 0.717) is 24.6 Å². The number of aromatic nitrogens is 2. The van der Waals surface area contributed by atoms with E-state index in [-0.39, 0.29) is 12.6 Å². The van der Waals surface area contributed by atoms with E-state index in [0.717, 1.165) is 19.4 Å². The van der Waals surface area contributed by atoms with Crippen molar-refractivity contribution >= 4 is 11.8 Å². The summed E-state index contributed by atoms with van der Waals surface area (Å²) in [6.45, 7) is 9.27. The molecule has 0 saturated heterocycles. The molecule has 6 nitrogen and oxygen atoms in total. The second kappa shape index (κ2) is 8.78. The van der Waals surface area contributed by atoms with Gasteiger partial charge >= 0.3 is 6.03 Å². The van der Waals surface area contributed by atoms with Crippen LogP contribution in [0.15, 0.2) is 12.3 Å². The first-order chi connectivity index (χ1) is 10.4. The van der Waals surface area contributed by atoms with Crippen LogP contribution >= 0.6 is 0 Å². The summed E-state index contributed by atoms with van der Waals surface area (Å²) < 4.78 is 1.77. The number of urea groups is 1. The summed E-state index contributed by atoms with van der Waals surface area (Å²) in [5.74, 6) is 1.11. The zero-order chi connectivity index (χ0) is 16.6. The quantitative estimate of drug-likeness (QED) is 0.656. The molecule has 1 rings (SSSR count). The second-order valence-corrected chi connectivity index (χ2v) is 6.32. The van der Waals surface area contributed by atoms with Gasteiger partial charge in [-0.15, -0.1) is 0 Å². The van der Waals surface area contributed by atoms with E-state index in [1.807, 2.05) is 13.8 Å². The minimum Gasteiger partial charge on any atom is -0.388 e. The highest BCUT2D eigenvalue weighted by Gasteiger charge is 2.25. The highest BCUT2D eigenvalue weighted by atomic mass is 16.3. The van der Waals surface area contributed by atoms with Gasteiger partial charge in [0, 0.05) is 19.2 Å². The number of nitrogens with zero attached hydrogens (tertiary/aromatic N) is 2. The van der Waals surface area contributed by atoms with Gasteiger partial charge in [-0.2, -0.15) is 5.10 Å². The molecule has 0 aliphatic heterocycles. The molecule has 0 aliphatic rings. The van der Waals surface area contributed by atoms with Crippen molar-refractivity contribution < 1.29 is 9.90 Å². The predicted octanol–water partition coefficient (Wildman–Crippen LogP) is 2.99. The number of carbonyl (C=O) groups excluding carboxylic acids is 1. The topological polar surface area (TPSA) is 79.2 Å². The van der Waals surface area contributed by atoms with E-state index >= 15 is 0 Å². The van der Waals surface area contributed by atoms with Crippen molar-refractivity contribution in [3.8, 4) is 0 Å². The molecular weight excluding hydrogens is 280 g/mol. The van der Waals surface area contributed by atoms with Gasteiger partial charge in [0.05, 0.1) is 11.8 Å². The first kappa shape index (κ1) is 18.5. The zero-order valence-corrected chi connectivity index (χ0v) is 14.2. The Bertz CT molecular complexity index is 451. The zero-order valence-electron chi connectivity index (χ0n) is 14.2. The van der Waals surface area contributed by atoms with Gasteiger partial charge in [0.25, 0.3) is 0 Å². The van der Waals surface area contributed by atoms with E-state index < -0.39 is 5.60 Å². The van der Waals surface area contributed by atoms with Crippen molar-refractivity contribution in [2.75, 3.05) is 11.9 Å². The van der Waals surface area contributed by atoms with E-state index in [1.165, 1.54) is 0 Å². The Morgan fingerprint density at radius 1 is 1.36 bits per heavy atom. The van der Waals surface area contributed by atoms with Crippen LogP contribution in [0, 0.1) is 5.92 Å². The van der Waals surface area contributed by atoms with Crippen molar-refractivity contribution in [2.45, 2.75) is 65.5 Å². The Morgan fingerprint density at radius 3 is 2.55 bits per heavy atom. The summed E-state index contributed by atoms with van der Waals surface area (Å²) >= 11 is 0. The maximum Gasteiger partial charge on any atom is 0.320 e. The lowest BCUT2D eigenvalue weighted by Gasteiger charge is -2.27. The predicted molar refractivity (Wildman–Crippen MR) is 88.9 cm³/mol. The summed E-state index contributed by atoms with van der Waals surface area (Å²) in [4.78, 5) is 12.0. The highest BCUT2D eigenvalue weighted by Crippen LogP contribution is 2.18. The third kappa shape index (κ3) is 6.05. The Morgan fingerprint density at radius 2 is 2.00 bits per heavy atom. The molecule has 3 N–H and O–H groups in total. The minimum absolute atomic E-state index is 0.263. The SMILES string of the molecule is CCCC(O)(CCC)CNC(=O)Nc1ccnn1CC(C)C. The first-order valence-electron chi connectivity index (χ1n) is 8.19. The molecule has 0 aliphatic carbocycles. The molecule has 22 heavy (non-hydrogen) atoms. The lowest BCUT2D eigenvalue weighted by molar-refractivity contribution is 0.0245. The number of anilines is 1. The molecule has 0 spiro atoms. The Hall–Kier alpha value is -1.56. The van der Waals surface area contributed by atoms with Gasteiger partial charge in [-0.05, 0) is 18.8 Å². The maximum atomic E-state index is 12.0. The number of hydrogen-bond acceptors (Lipinski definition) is 3. The van der Waals surface area contributed by atoms with Gasteiger partial charge in [-0.25, -0.2) is 9.48 Å². The van der Waals surface area contributed by atoms with Gasteiger partial charge in [-0.3, -0.25) is 5.32 Å². The number of aliphatic hydroxyl groups is 1. The van der Waals surface area contributed by atoms with Crippen LogP contribution in [0.4, 0.5) is 10.6 Å². The normalized spacial score (nSPS) is 11.7. The molecule has 0 saturated carbocycles. The fourth-order valence-electron chi connectivity index (χ4n) is 2.57. The van der Waals surface area contributed by atoms with E-state index in [1.54, 1.807) is 16.9 Å². The van der Waals surface area contributed by atoms with Crippen LogP contribution in [0.25, 0.3) is 0 Å². The molecule has 0 atom stereocenters. The summed E-state index contributed by atoms with van der Waals surface area (Å²) in [6, 6.07) is 1.46. The lowest BCUT2D eigenvalue weighted by atomic mass is 9.93. The lowest BCUT2D eigenvalue weighted by Crippen LogP contribution is -2.44. The molecule has 1 heterocycles. The first-order valence-corrected chi connectivity index (χ1v) is 8.19. The van der Waals surface area contributed by atoms with Crippen LogP contribution in [-0.4, -0.2) is 33.1 Å². The summed E-state index contributed by atoms with van der Waals surface area (Å²) in [6.07, 6.45) is 4.82. The average molecular weight is 310 g/mol. The van der Waals surface area contributed by atoms with Crippen molar-refractivity contribution in [3.05, 3.63) is 12.3 Å². The average Bonchev–Trinajstić information content (AvgIpc) is 2.84. The van der Waals surface area contributed by atoms with E-state index in [4.69, 9.17) is 0 Å². The molecule has 0 unspecified atom stereocenters. The fraction of sp³-hybridized carbons (Fsp3) is 0.750. The number of nitrogens with one attached hydrogen (secondary N) is 2. The number of rotatable bonds is 9. The number of carbonyl (C=O) groups is 1. The van der Waals surface area contributed by atoms with Crippen LogP contribution < -0.4 is 10.6 Å².